The van der Waals surface area contributed by atoms with Crippen molar-refractivity contribution in [2.75, 3.05) is 20.3 Å². The number of fused-ring (bicyclic) bond motifs is 3. The van der Waals surface area contributed by atoms with Gasteiger partial charge in [0.2, 0.25) is 5.91 Å². The quantitative estimate of drug-likeness (QED) is 0.778. The molecule has 2 aromatic rings. The largest absolute Gasteiger partial charge is 0.469 e. The van der Waals surface area contributed by atoms with E-state index < -0.39 is 11.5 Å². The van der Waals surface area contributed by atoms with Crippen molar-refractivity contribution in [2.45, 2.75) is 38.7 Å². The lowest BCUT2D eigenvalue weighted by molar-refractivity contribution is -0.167. The third-order valence-electron chi connectivity index (χ3n) is 5.30. The van der Waals surface area contributed by atoms with Crippen LogP contribution in [0.25, 0.3) is 10.9 Å². The number of hydrogen-bond acceptors (Lipinski definition) is 4. The maximum atomic E-state index is 12.4. The van der Waals surface area contributed by atoms with Gasteiger partial charge in [0.15, 0.2) is 0 Å². The number of rotatable bonds is 6. The minimum absolute atomic E-state index is 0.0456. The first kappa shape index (κ1) is 18.5. The van der Waals surface area contributed by atoms with Crippen molar-refractivity contribution in [3.05, 3.63) is 35.5 Å². The molecule has 1 aromatic heterocycles. The van der Waals surface area contributed by atoms with Gasteiger partial charge < -0.3 is 19.8 Å². The molecule has 2 atom stereocenters. The number of nitrogens with one attached hydrogen (secondary N) is 2. The average Bonchev–Trinajstić information content (AvgIpc) is 3.05. The van der Waals surface area contributed by atoms with E-state index in [0.29, 0.717) is 19.6 Å². The molecule has 6 heteroatoms. The smallest absolute Gasteiger partial charge is 0.311 e. The second-order valence-electron chi connectivity index (χ2n) is 6.71. The van der Waals surface area contributed by atoms with Crippen LogP contribution in [0.4, 0.5) is 0 Å². The fourth-order valence-electron chi connectivity index (χ4n) is 3.94. The van der Waals surface area contributed by atoms with Crippen molar-refractivity contribution in [3.8, 4) is 0 Å². The molecule has 1 aliphatic rings. The molecular weight excluding hydrogens is 332 g/mol. The molecule has 0 radical (unpaired) electrons. The predicted octanol–water partition coefficient (Wildman–Crippen LogP) is 2.66. The highest BCUT2D eigenvalue weighted by atomic mass is 16.5. The number of esters is 1. The summed E-state index contributed by atoms with van der Waals surface area (Å²) in [6, 6.07) is 8.08. The van der Waals surface area contributed by atoms with Crippen LogP contribution in [-0.2, 0) is 31.1 Å². The summed E-state index contributed by atoms with van der Waals surface area (Å²) in [6.45, 7) is 4.78. The molecule has 2 unspecified atom stereocenters. The molecule has 6 nitrogen and oxygen atoms in total. The molecular formula is C20H26N2O4. The zero-order chi connectivity index (χ0) is 18.7. The normalized spacial score (nSPS) is 20.4. The number of amides is 1. The molecule has 0 saturated carbocycles. The van der Waals surface area contributed by atoms with E-state index in [9.17, 15) is 9.59 Å². The van der Waals surface area contributed by atoms with Crippen LogP contribution in [0.3, 0.4) is 0 Å². The Labute approximate surface area is 153 Å². The Morgan fingerprint density at radius 1 is 1.38 bits per heavy atom. The lowest BCUT2D eigenvalue weighted by Crippen LogP contribution is -2.45. The van der Waals surface area contributed by atoms with Crippen molar-refractivity contribution >= 4 is 22.8 Å². The van der Waals surface area contributed by atoms with E-state index in [-0.39, 0.29) is 18.3 Å². The molecule has 1 aliphatic heterocycles. The van der Waals surface area contributed by atoms with Gasteiger partial charge in [0.1, 0.15) is 5.60 Å². The molecule has 1 amide bonds. The first-order valence-corrected chi connectivity index (χ1v) is 9.12. The molecule has 0 fully saturated rings. The van der Waals surface area contributed by atoms with Crippen LogP contribution in [0.1, 0.15) is 37.9 Å². The van der Waals surface area contributed by atoms with E-state index >= 15 is 0 Å². The number of H-pyrrole nitrogens is 1. The number of carbonyl (C=O) groups excluding carboxylic acids is 2. The summed E-state index contributed by atoms with van der Waals surface area (Å²) in [7, 11) is 1.38. The van der Waals surface area contributed by atoms with E-state index in [1.165, 1.54) is 12.7 Å². The van der Waals surface area contributed by atoms with Gasteiger partial charge in [0, 0.05) is 23.9 Å². The van der Waals surface area contributed by atoms with Crippen molar-refractivity contribution in [1.29, 1.82) is 0 Å². The number of hydrogen-bond donors (Lipinski definition) is 2. The summed E-state index contributed by atoms with van der Waals surface area (Å²) in [5.41, 5.74) is 2.18. The van der Waals surface area contributed by atoms with E-state index in [2.05, 4.69) is 16.4 Å². The molecule has 140 valence electrons. The number of aromatic nitrogens is 1. The minimum Gasteiger partial charge on any atom is -0.469 e. The van der Waals surface area contributed by atoms with Crippen molar-refractivity contribution in [1.82, 2.24) is 10.3 Å². The first-order chi connectivity index (χ1) is 12.5. The molecule has 1 aromatic carbocycles. The molecule has 0 saturated heterocycles. The monoisotopic (exact) mass is 358 g/mol. The standard InChI is InChI=1S/C20H26N2O4/c1-4-21-17(23)9-11-20(13(2)19(24)25-3)18-15(10-12-26-20)14-7-5-6-8-16(14)22-18/h5-8,13,22H,4,9-12H2,1-3H3,(H,21,23). The van der Waals surface area contributed by atoms with Crippen LogP contribution >= 0.6 is 0 Å². The molecule has 26 heavy (non-hydrogen) atoms. The van der Waals surface area contributed by atoms with Gasteiger partial charge in [0.25, 0.3) is 0 Å². The van der Waals surface area contributed by atoms with Crippen LogP contribution in [0.15, 0.2) is 24.3 Å². The van der Waals surface area contributed by atoms with Crippen LogP contribution < -0.4 is 5.32 Å². The fourth-order valence-corrected chi connectivity index (χ4v) is 3.94. The third-order valence-corrected chi connectivity index (χ3v) is 5.30. The highest BCUT2D eigenvalue weighted by Crippen LogP contribution is 2.45. The third kappa shape index (κ3) is 3.09. The SMILES string of the molecule is CCNC(=O)CCC1(C(C)C(=O)OC)OCCc2c1[nH]c1ccccc21. The van der Waals surface area contributed by atoms with Crippen LogP contribution in [0, 0.1) is 5.92 Å². The number of methoxy groups -OCH3 is 1. The van der Waals surface area contributed by atoms with Crippen LogP contribution in [0.5, 0.6) is 0 Å². The lowest BCUT2D eigenvalue weighted by atomic mass is 9.78. The van der Waals surface area contributed by atoms with Crippen LogP contribution in [0.2, 0.25) is 0 Å². The summed E-state index contributed by atoms with van der Waals surface area (Å²) in [6.07, 6.45) is 1.47. The molecule has 0 aliphatic carbocycles. The lowest BCUT2D eigenvalue weighted by Gasteiger charge is -2.40. The summed E-state index contributed by atoms with van der Waals surface area (Å²) in [4.78, 5) is 27.9. The second-order valence-corrected chi connectivity index (χ2v) is 6.71. The average molecular weight is 358 g/mol. The van der Waals surface area contributed by atoms with E-state index in [0.717, 1.165) is 23.0 Å². The molecule has 0 bridgehead atoms. The van der Waals surface area contributed by atoms with Crippen molar-refractivity contribution < 1.29 is 19.1 Å². The molecule has 2 heterocycles. The topological polar surface area (TPSA) is 80.4 Å². The van der Waals surface area contributed by atoms with Gasteiger partial charge >= 0.3 is 5.97 Å². The Hall–Kier alpha value is -2.34. The van der Waals surface area contributed by atoms with Gasteiger partial charge in [-0.05, 0) is 38.3 Å². The van der Waals surface area contributed by atoms with Gasteiger partial charge in [-0.1, -0.05) is 18.2 Å². The number of para-hydroxylation sites is 1. The summed E-state index contributed by atoms with van der Waals surface area (Å²) in [5.74, 6) is -0.919. The van der Waals surface area contributed by atoms with E-state index in [1.807, 2.05) is 32.0 Å². The van der Waals surface area contributed by atoms with Gasteiger partial charge in [-0.2, -0.15) is 0 Å². The summed E-state index contributed by atoms with van der Waals surface area (Å²) >= 11 is 0. The van der Waals surface area contributed by atoms with E-state index in [1.54, 1.807) is 0 Å². The Kier molecular flexibility index (Phi) is 5.32. The summed E-state index contributed by atoms with van der Waals surface area (Å²) < 4.78 is 11.2. The Balaban J connectivity index is 2.07. The number of benzene rings is 1. The molecule has 0 spiro atoms. The van der Waals surface area contributed by atoms with Gasteiger partial charge in [0.05, 0.1) is 25.3 Å². The Bertz CT molecular complexity index is 813. The maximum Gasteiger partial charge on any atom is 0.311 e. The van der Waals surface area contributed by atoms with Crippen molar-refractivity contribution in [3.63, 3.8) is 0 Å². The zero-order valence-electron chi connectivity index (χ0n) is 15.6. The Morgan fingerprint density at radius 2 is 2.15 bits per heavy atom. The van der Waals surface area contributed by atoms with Crippen molar-refractivity contribution in [2.24, 2.45) is 5.92 Å². The molecule has 3 rings (SSSR count). The van der Waals surface area contributed by atoms with Gasteiger partial charge in [-0.15, -0.1) is 0 Å². The number of aromatic amines is 1. The highest BCUT2D eigenvalue weighted by molar-refractivity contribution is 5.86. The first-order valence-electron chi connectivity index (χ1n) is 9.12. The molecule has 2 N–H and O–H groups in total. The minimum atomic E-state index is -0.898. The number of carbonyl (C=O) groups is 2. The summed E-state index contributed by atoms with van der Waals surface area (Å²) in [5, 5.41) is 3.96. The maximum absolute atomic E-state index is 12.4. The zero-order valence-corrected chi connectivity index (χ0v) is 15.6. The fraction of sp³-hybridized carbons (Fsp3) is 0.500. The Morgan fingerprint density at radius 3 is 2.88 bits per heavy atom. The highest BCUT2D eigenvalue weighted by Gasteiger charge is 2.48. The van der Waals surface area contributed by atoms with Gasteiger partial charge in [-0.25, -0.2) is 0 Å². The van der Waals surface area contributed by atoms with E-state index in [4.69, 9.17) is 9.47 Å². The predicted molar refractivity (Wildman–Crippen MR) is 98.7 cm³/mol. The van der Waals surface area contributed by atoms with Gasteiger partial charge in [-0.3, -0.25) is 9.59 Å². The second kappa shape index (κ2) is 7.50. The van der Waals surface area contributed by atoms with Crippen LogP contribution in [-0.4, -0.2) is 37.1 Å². The number of ether oxygens (including phenoxy) is 2.